The predicted octanol–water partition coefficient (Wildman–Crippen LogP) is -0.149. The van der Waals surface area contributed by atoms with E-state index in [9.17, 15) is 14.4 Å². The van der Waals surface area contributed by atoms with E-state index in [1.54, 1.807) is 18.2 Å². The van der Waals surface area contributed by atoms with Crippen molar-refractivity contribution < 1.29 is 14.7 Å². The molecule has 7 nitrogen and oxygen atoms in total. The Morgan fingerprint density at radius 2 is 2.16 bits per heavy atom. The van der Waals surface area contributed by atoms with Crippen molar-refractivity contribution in [3.05, 3.63) is 46.5 Å². The van der Waals surface area contributed by atoms with Crippen LogP contribution < -0.4 is 5.56 Å². The maximum atomic E-state index is 12.1. The Hall–Kier alpha value is -2.70. The molecule has 0 fully saturated rings. The van der Waals surface area contributed by atoms with E-state index in [-0.39, 0.29) is 5.56 Å². The summed E-state index contributed by atoms with van der Waals surface area (Å²) in [5.74, 6) is -1.82. The molecule has 2 aromatic heterocycles. The topological polar surface area (TPSA) is 92.0 Å². The number of hydrogen-bond acceptors (Lipinski definition) is 4. The Kier molecular flexibility index (Phi) is 3.28. The summed E-state index contributed by atoms with van der Waals surface area (Å²) in [7, 11) is 1.32. The number of carbonyl (C=O) groups is 2. The second-order valence-corrected chi connectivity index (χ2v) is 3.96. The molecule has 0 bridgehead atoms. The van der Waals surface area contributed by atoms with Crippen LogP contribution in [0.15, 0.2) is 35.4 Å². The highest BCUT2D eigenvalue weighted by molar-refractivity contribution is 5.95. The van der Waals surface area contributed by atoms with Crippen molar-refractivity contribution in [2.75, 3.05) is 13.6 Å². The fourth-order valence-electron chi connectivity index (χ4n) is 1.65. The number of aromatic nitrogens is 2. The van der Waals surface area contributed by atoms with Crippen LogP contribution in [-0.2, 0) is 4.79 Å². The fraction of sp³-hybridized carbons (Fsp3) is 0.167. The van der Waals surface area contributed by atoms with Gasteiger partial charge in [0.05, 0.1) is 0 Å². The lowest BCUT2D eigenvalue weighted by Gasteiger charge is -2.14. The molecule has 1 N–H and O–H groups in total. The number of aliphatic carboxylic acids is 1. The van der Waals surface area contributed by atoms with E-state index < -0.39 is 24.0 Å². The molecule has 98 valence electrons. The zero-order valence-corrected chi connectivity index (χ0v) is 10.1. The summed E-state index contributed by atoms with van der Waals surface area (Å²) in [6.45, 7) is -0.476. The normalized spacial score (nSPS) is 10.4. The molecule has 1 amide bonds. The predicted molar refractivity (Wildman–Crippen MR) is 66.1 cm³/mol. The van der Waals surface area contributed by atoms with E-state index in [1.165, 1.54) is 23.8 Å². The Labute approximate surface area is 107 Å². The van der Waals surface area contributed by atoms with Gasteiger partial charge in [-0.2, -0.15) is 0 Å². The molecule has 0 saturated heterocycles. The first-order chi connectivity index (χ1) is 9.00. The van der Waals surface area contributed by atoms with Crippen LogP contribution in [0.1, 0.15) is 10.4 Å². The summed E-state index contributed by atoms with van der Waals surface area (Å²) >= 11 is 0. The molecule has 0 saturated carbocycles. The van der Waals surface area contributed by atoms with E-state index in [0.29, 0.717) is 5.65 Å². The summed E-state index contributed by atoms with van der Waals surface area (Å²) in [5, 5.41) is 8.63. The molecule has 2 heterocycles. The second kappa shape index (κ2) is 4.89. The van der Waals surface area contributed by atoms with Crippen LogP contribution in [0.4, 0.5) is 0 Å². The molecule has 2 aromatic rings. The summed E-state index contributed by atoms with van der Waals surface area (Å²) in [4.78, 5) is 39.5. The molecule has 0 aromatic carbocycles. The smallest absolute Gasteiger partial charge is 0.323 e. The van der Waals surface area contributed by atoms with Crippen molar-refractivity contribution in [1.82, 2.24) is 14.3 Å². The maximum absolute atomic E-state index is 12.1. The molecule has 0 atom stereocenters. The van der Waals surface area contributed by atoms with Gasteiger partial charge in [0.15, 0.2) is 0 Å². The van der Waals surface area contributed by atoms with Crippen LogP contribution in [0, 0.1) is 0 Å². The largest absolute Gasteiger partial charge is 0.480 e. The van der Waals surface area contributed by atoms with Crippen LogP contribution in [0.3, 0.4) is 0 Å². The Morgan fingerprint density at radius 3 is 2.84 bits per heavy atom. The first-order valence-electron chi connectivity index (χ1n) is 5.44. The Morgan fingerprint density at radius 1 is 1.42 bits per heavy atom. The van der Waals surface area contributed by atoms with Crippen molar-refractivity contribution in [3.63, 3.8) is 0 Å². The van der Waals surface area contributed by atoms with Crippen LogP contribution >= 0.6 is 0 Å². The third kappa shape index (κ3) is 2.44. The minimum absolute atomic E-state index is 0.160. The molecule has 0 radical (unpaired) electrons. The average molecular weight is 261 g/mol. The second-order valence-electron chi connectivity index (χ2n) is 3.96. The van der Waals surface area contributed by atoms with Gasteiger partial charge in [0.2, 0.25) is 0 Å². The van der Waals surface area contributed by atoms with E-state index in [2.05, 4.69) is 4.98 Å². The lowest BCUT2D eigenvalue weighted by molar-refractivity contribution is -0.137. The molecule has 0 aliphatic rings. The molecule has 2 rings (SSSR count). The maximum Gasteiger partial charge on any atom is 0.323 e. The minimum Gasteiger partial charge on any atom is -0.480 e. The third-order valence-corrected chi connectivity index (χ3v) is 2.56. The summed E-state index contributed by atoms with van der Waals surface area (Å²) in [5.41, 5.74) is -0.259. The molecule has 0 unspecified atom stereocenters. The number of pyridine rings is 1. The number of amides is 1. The van der Waals surface area contributed by atoms with E-state index >= 15 is 0 Å². The van der Waals surface area contributed by atoms with Crippen molar-refractivity contribution >= 4 is 17.5 Å². The summed E-state index contributed by atoms with van der Waals surface area (Å²) in [6, 6.07) is 5.00. The third-order valence-electron chi connectivity index (χ3n) is 2.56. The summed E-state index contributed by atoms with van der Waals surface area (Å²) < 4.78 is 1.24. The van der Waals surface area contributed by atoms with Gasteiger partial charge in [-0.15, -0.1) is 0 Å². The highest BCUT2D eigenvalue weighted by Gasteiger charge is 2.18. The quantitative estimate of drug-likeness (QED) is 0.829. The van der Waals surface area contributed by atoms with Gasteiger partial charge in [-0.25, -0.2) is 4.98 Å². The number of carbonyl (C=O) groups excluding carboxylic acids is 1. The van der Waals surface area contributed by atoms with Gasteiger partial charge in [-0.3, -0.25) is 18.8 Å². The van der Waals surface area contributed by atoms with Crippen LogP contribution in [0.25, 0.3) is 5.65 Å². The van der Waals surface area contributed by atoms with Gasteiger partial charge >= 0.3 is 5.97 Å². The highest BCUT2D eigenvalue weighted by atomic mass is 16.4. The van der Waals surface area contributed by atoms with Crippen LogP contribution in [0.5, 0.6) is 0 Å². The molecule has 0 aliphatic heterocycles. The Bertz CT molecular complexity index is 707. The highest BCUT2D eigenvalue weighted by Crippen LogP contribution is 2.00. The number of rotatable bonds is 3. The average Bonchev–Trinajstić information content (AvgIpc) is 2.38. The monoisotopic (exact) mass is 261 g/mol. The summed E-state index contributed by atoms with van der Waals surface area (Å²) in [6.07, 6.45) is 2.66. The molecule has 0 spiro atoms. The van der Waals surface area contributed by atoms with Gasteiger partial charge < -0.3 is 10.0 Å². The number of hydrogen-bond donors (Lipinski definition) is 1. The lowest BCUT2D eigenvalue weighted by atomic mass is 10.3. The zero-order valence-electron chi connectivity index (χ0n) is 10.1. The molecular weight excluding hydrogens is 250 g/mol. The van der Waals surface area contributed by atoms with Crippen LogP contribution in [-0.4, -0.2) is 44.9 Å². The number of fused-ring (bicyclic) bond motifs is 1. The number of likely N-dealkylation sites (N-methyl/N-ethyl adjacent to an activating group) is 1. The SMILES string of the molecule is CN(CC(=O)O)C(=O)c1cnc2ccccn2c1=O. The van der Waals surface area contributed by atoms with Crippen molar-refractivity contribution in [1.29, 1.82) is 0 Å². The van der Waals surface area contributed by atoms with Gasteiger partial charge in [0, 0.05) is 19.4 Å². The number of nitrogens with zero attached hydrogens (tertiary/aromatic N) is 3. The van der Waals surface area contributed by atoms with Crippen molar-refractivity contribution in [2.45, 2.75) is 0 Å². The van der Waals surface area contributed by atoms with Gasteiger partial charge in [-0.1, -0.05) is 6.07 Å². The first kappa shape index (κ1) is 12.7. The fourth-order valence-corrected chi connectivity index (χ4v) is 1.65. The van der Waals surface area contributed by atoms with E-state index in [1.807, 2.05) is 0 Å². The minimum atomic E-state index is -1.15. The van der Waals surface area contributed by atoms with Crippen molar-refractivity contribution in [3.8, 4) is 0 Å². The van der Waals surface area contributed by atoms with Crippen LogP contribution in [0.2, 0.25) is 0 Å². The van der Waals surface area contributed by atoms with E-state index in [4.69, 9.17) is 5.11 Å². The van der Waals surface area contributed by atoms with Gasteiger partial charge in [0.25, 0.3) is 11.5 Å². The molecular formula is C12H11N3O4. The lowest BCUT2D eigenvalue weighted by Crippen LogP contribution is -2.36. The zero-order chi connectivity index (χ0) is 14.0. The molecule has 19 heavy (non-hydrogen) atoms. The van der Waals surface area contributed by atoms with Gasteiger partial charge in [0.1, 0.15) is 17.8 Å². The van der Waals surface area contributed by atoms with E-state index in [0.717, 1.165) is 4.90 Å². The number of carboxylic acid groups (broad SMARTS) is 1. The Balaban J connectivity index is 2.46. The van der Waals surface area contributed by atoms with Crippen molar-refractivity contribution in [2.24, 2.45) is 0 Å². The number of carboxylic acids is 1. The molecule has 0 aliphatic carbocycles. The standard InChI is InChI=1S/C12H11N3O4/c1-14(7-10(16)17)11(18)8-6-13-9-4-2-3-5-15(9)12(8)19/h2-6H,7H2,1H3,(H,16,17). The van der Waals surface area contributed by atoms with Gasteiger partial charge in [-0.05, 0) is 12.1 Å². The first-order valence-corrected chi connectivity index (χ1v) is 5.44. The molecule has 7 heteroatoms.